The number of hydrogen-bond donors (Lipinski definition) is 0. The predicted molar refractivity (Wildman–Crippen MR) is 112 cm³/mol. The zero-order valence-electron chi connectivity index (χ0n) is 15.9. The molecule has 4 heteroatoms. The second kappa shape index (κ2) is 6.24. The van der Waals surface area contributed by atoms with Crippen LogP contribution in [0.4, 0.5) is 5.69 Å². The van der Waals surface area contributed by atoms with Crippen LogP contribution in [0.3, 0.4) is 0 Å². The van der Waals surface area contributed by atoms with Crippen molar-refractivity contribution >= 4 is 23.3 Å². The van der Waals surface area contributed by atoms with Gasteiger partial charge in [0.15, 0.2) is 0 Å². The number of carbonyl (C=O) groups excluding carboxylic acids is 1. The normalized spacial score (nSPS) is 30.8. The van der Waals surface area contributed by atoms with Crippen molar-refractivity contribution in [2.24, 2.45) is 11.8 Å². The number of carbonyl (C=O) groups is 1. The van der Waals surface area contributed by atoms with E-state index in [0.717, 1.165) is 35.5 Å². The Morgan fingerprint density at radius 1 is 1.00 bits per heavy atom. The summed E-state index contributed by atoms with van der Waals surface area (Å²) in [6.45, 7) is 0.999. The lowest BCUT2D eigenvalue weighted by Gasteiger charge is -2.51. The molecule has 2 heterocycles. The van der Waals surface area contributed by atoms with Crippen molar-refractivity contribution in [3.05, 3.63) is 88.0 Å². The van der Waals surface area contributed by atoms with Gasteiger partial charge in [0.2, 0.25) is 0 Å². The van der Waals surface area contributed by atoms with Gasteiger partial charge in [0, 0.05) is 29.1 Å². The maximum absolute atomic E-state index is 11.8. The van der Waals surface area contributed by atoms with Crippen LogP contribution in [-0.4, -0.2) is 12.5 Å². The van der Waals surface area contributed by atoms with Crippen molar-refractivity contribution in [2.75, 3.05) is 11.4 Å². The molecule has 5 atom stereocenters. The van der Waals surface area contributed by atoms with Gasteiger partial charge in [0.1, 0.15) is 0 Å². The Morgan fingerprint density at radius 2 is 1.69 bits per heavy atom. The Bertz CT molecular complexity index is 1050. The summed E-state index contributed by atoms with van der Waals surface area (Å²) in [4.78, 5) is 14.3. The van der Waals surface area contributed by atoms with Crippen molar-refractivity contribution in [1.29, 1.82) is 0 Å². The van der Waals surface area contributed by atoms with E-state index in [1.54, 1.807) is 0 Å². The highest BCUT2D eigenvalue weighted by atomic mass is 35.5. The molecule has 0 unspecified atom stereocenters. The summed E-state index contributed by atoms with van der Waals surface area (Å²) in [5.74, 6) is 0.347. The molecule has 2 aromatic rings. The van der Waals surface area contributed by atoms with Crippen molar-refractivity contribution in [3.8, 4) is 0 Å². The number of aromatic carboxylic acids is 1. The van der Waals surface area contributed by atoms with E-state index in [4.69, 9.17) is 11.6 Å². The van der Waals surface area contributed by atoms with Gasteiger partial charge in [-0.15, -0.1) is 0 Å². The van der Waals surface area contributed by atoms with E-state index in [0.29, 0.717) is 23.3 Å². The molecule has 0 saturated heterocycles. The third-order valence-electron chi connectivity index (χ3n) is 7.30. The number of allylic oxidation sites excluding steroid dienone is 4. The fraction of sp³-hybridized carbons (Fsp3) is 0.320. The van der Waals surface area contributed by atoms with Crippen LogP contribution >= 0.6 is 11.6 Å². The summed E-state index contributed by atoms with van der Waals surface area (Å²) in [7, 11) is 0. The summed E-state index contributed by atoms with van der Waals surface area (Å²) in [5.41, 5.74) is 5.16. The summed E-state index contributed by atoms with van der Waals surface area (Å²) < 4.78 is 0. The van der Waals surface area contributed by atoms with E-state index in [1.807, 2.05) is 24.3 Å². The van der Waals surface area contributed by atoms with Crippen molar-refractivity contribution in [3.63, 3.8) is 0 Å². The molecule has 4 aliphatic rings. The first kappa shape index (κ1) is 17.3. The number of hydrogen-bond acceptors (Lipinski definition) is 3. The molecule has 0 bridgehead atoms. The highest BCUT2D eigenvalue weighted by Gasteiger charge is 2.47. The molecular formula is C25H21ClNO2-. The Morgan fingerprint density at radius 3 is 2.45 bits per heavy atom. The lowest BCUT2D eigenvalue weighted by Crippen LogP contribution is -2.46. The van der Waals surface area contributed by atoms with Gasteiger partial charge in [-0.1, -0.05) is 48.0 Å². The molecule has 146 valence electrons. The predicted octanol–water partition coefficient (Wildman–Crippen LogP) is 4.60. The van der Waals surface area contributed by atoms with Gasteiger partial charge in [-0.05, 0) is 71.2 Å². The zero-order valence-corrected chi connectivity index (χ0v) is 16.7. The van der Waals surface area contributed by atoms with Crippen LogP contribution < -0.4 is 10.0 Å². The van der Waals surface area contributed by atoms with E-state index in [9.17, 15) is 9.90 Å². The third kappa shape index (κ3) is 2.47. The number of halogens is 1. The summed E-state index contributed by atoms with van der Waals surface area (Å²) in [6, 6.07) is 12.3. The van der Waals surface area contributed by atoms with Gasteiger partial charge in [-0.2, -0.15) is 0 Å². The minimum absolute atomic E-state index is 0.238. The molecule has 2 aliphatic heterocycles. The van der Waals surface area contributed by atoms with Gasteiger partial charge in [0.25, 0.3) is 0 Å². The maximum atomic E-state index is 11.8. The zero-order chi connectivity index (χ0) is 19.7. The Hall–Kier alpha value is -2.52. The van der Waals surface area contributed by atoms with Gasteiger partial charge in [-0.25, -0.2) is 0 Å². The van der Waals surface area contributed by atoms with Gasteiger partial charge in [0.05, 0.1) is 12.0 Å². The van der Waals surface area contributed by atoms with E-state index in [-0.39, 0.29) is 12.0 Å². The van der Waals surface area contributed by atoms with E-state index < -0.39 is 5.97 Å². The first-order chi connectivity index (χ1) is 14.1. The van der Waals surface area contributed by atoms with Crippen LogP contribution in [-0.2, 0) is 0 Å². The van der Waals surface area contributed by atoms with Crippen LogP contribution in [0.15, 0.2) is 60.7 Å². The number of benzene rings is 2. The van der Waals surface area contributed by atoms with Gasteiger partial charge in [-0.3, -0.25) is 0 Å². The van der Waals surface area contributed by atoms with Crippen LogP contribution in [0.25, 0.3) is 0 Å². The average Bonchev–Trinajstić information content (AvgIpc) is 3.38. The van der Waals surface area contributed by atoms with Gasteiger partial charge >= 0.3 is 0 Å². The standard InChI is InChI=1S/C25H22ClNO2/c26-17-9-7-14(8-10-17)23-20-6-2-5-19(20)22-12-16(25(28)29)11-21-18-4-1-3-15(18)13-27(23)24(21)22/h1-2,4-5,7-12,15,18-20,23H,3,6,13H2,(H,28,29)/p-1/t15-,18+,19+,20+,23-/m1/s1. The number of rotatable bonds is 2. The monoisotopic (exact) mass is 402 g/mol. The van der Waals surface area contributed by atoms with Crippen LogP contribution in [0.2, 0.25) is 5.02 Å². The van der Waals surface area contributed by atoms with Crippen molar-refractivity contribution in [2.45, 2.75) is 30.7 Å². The largest absolute Gasteiger partial charge is 0.545 e. The van der Waals surface area contributed by atoms with E-state index in [2.05, 4.69) is 41.3 Å². The first-order valence-corrected chi connectivity index (χ1v) is 10.7. The quantitative estimate of drug-likeness (QED) is 0.689. The molecule has 6 rings (SSSR count). The molecule has 2 aromatic carbocycles. The summed E-state index contributed by atoms with van der Waals surface area (Å²) >= 11 is 6.17. The summed E-state index contributed by atoms with van der Waals surface area (Å²) in [5, 5.41) is 12.5. The molecule has 0 aromatic heterocycles. The Labute approximate surface area is 175 Å². The average molecular weight is 403 g/mol. The number of carboxylic acids is 1. The second-order valence-corrected chi connectivity index (χ2v) is 9.18. The topological polar surface area (TPSA) is 43.4 Å². The number of carboxylic acid groups (broad SMARTS) is 1. The maximum Gasteiger partial charge on any atom is 0.0715 e. The fourth-order valence-corrected chi connectivity index (χ4v) is 6.26. The number of fused-ring (bicyclic) bond motifs is 4. The molecule has 0 N–H and O–H groups in total. The van der Waals surface area contributed by atoms with Crippen LogP contribution in [0.5, 0.6) is 0 Å². The smallest absolute Gasteiger partial charge is 0.0715 e. The number of nitrogens with zero attached hydrogens (tertiary/aromatic N) is 1. The van der Waals surface area contributed by atoms with Crippen LogP contribution in [0.1, 0.15) is 57.8 Å². The highest BCUT2D eigenvalue weighted by molar-refractivity contribution is 6.30. The van der Waals surface area contributed by atoms with E-state index >= 15 is 0 Å². The molecular weight excluding hydrogens is 382 g/mol. The number of anilines is 1. The lowest BCUT2D eigenvalue weighted by molar-refractivity contribution is -0.255. The molecule has 0 fully saturated rings. The first-order valence-electron chi connectivity index (χ1n) is 10.4. The van der Waals surface area contributed by atoms with Crippen molar-refractivity contribution < 1.29 is 9.90 Å². The Balaban J connectivity index is 1.59. The SMILES string of the molecule is O=C([O-])c1cc2c3c(c1)[C@H]1C=CC[C@@H]1[C@@H](c1ccc(Cl)cc1)N3C[C@H]1CC=C[C@H]21. The molecule has 3 nitrogen and oxygen atoms in total. The lowest BCUT2D eigenvalue weighted by atomic mass is 9.70. The highest BCUT2D eigenvalue weighted by Crippen LogP contribution is 2.58. The minimum atomic E-state index is -1.09. The Kier molecular flexibility index (Phi) is 3.73. The second-order valence-electron chi connectivity index (χ2n) is 8.74. The molecule has 0 radical (unpaired) electrons. The minimum Gasteiger partial charge on any atom is -0.545 e. The fourth-order valence-electron chi connectivity index (χ4n) is 6.13. The summed E-state index contributed by atoms with van der Waals surface area (Å²) in [6.07, 6.45) is 11.1. The molecule has 0 saturated carbocycles. The molecule has 0 spiro atoms. The third-order valence-corrected chi connectivity index (χ3v) is 7.55. The molecule has 0 amide bonds. The molecule has 2 aliphatic carbocycles. The van der Waals surface area contributed by atoms with Crippen molar-refractivity contribution in [1.82, 2.24) is 0 Å². The molecule has 29 heavy (non-hydrogen) atoms. The van der Waals surface area contributed by atoms with Crippen LogP contribution in [0, 0.1) is 11.8 Å². The van der Waals surface area contributed by atoms with Gasteiger partial charge < -0.3 is 14.8 Å². The van der Waals surface area contributed by atoms with E-state index in [1.165, 1.54) is 11.3 Å².